The van der Waals surface area contributed by atoms with E-state index in [1.807, 2.05) is 12.1 Å². The molecule has 0 radical (unpaired) electrons. The predicted molar refractivity (Wildman–Crippen MR) is 105 cm³/mol. The SMILES string of the molecule is CCN(CC)c1ccc(CN(C)C(=O)c2cccc(S(C)(=O)=O)c2)cc1. The first-order chi connectivity index (χ1) is 12.3. The zero-order valence-corrected chi connectivity index (χ0v) is 16.6. The van der Waals surface area contributed by atoms with Crippen molar-refractivity contribution in [2.75, 3.05) is 31.3 Å². The Morgan fingerprint density at radius 2 is 1.62 bits per heavy atom. The number of carbonyl (C=O) groups excluding carboxylic acids is 1. The summed E-state index contributed by atoms with van der Waals surface area (Å²) < 4.78 is 23.4. The summed E-state index contributed by atoms with van der Waals surface area (Å²) in [5.41, 5.74) is 2.56. The van der Waals surface area contributed by atoms with E-state index in [-0.39, 0.29) is 10.8 Å². The van der Waals surface area contributed by atoms with Gasteiger partial charge in [-0.15, -0.1) is 0 Å². The Labute approximate surface area is 156 Å². The van der Waals surface area contributed by atoms with Crippen molar-refractivity contribution >= 4 is 21.4 Å². The van der Waals surface area contributed by atoms with Gasteiger partial charge in [0, 0.05) is 44.2 Å². The Hall–Kier alpha value is -2.34. The van der Waals surface area contributed by atoms with Crippen molar-refractivity contribution in [2.24, 2.45) is 0 Å². The molecule has 0 spiro atoms. The van der Waals surface area contributed by atoms with Gasteiger partial charge in [-0.2, -0.15) is 0 Å². The molecule has 2 rings (SSSR count). The second-order valence-corrected chi connectivity index (χ2v) is 8.32. The molecule has 0 fully saturated rings. The van der Waals surface area contributed by atoms with Gasteiger partial charge in [-0.05, 0) is 49.7 Å². The van der Waals surface area contributed by atoms with Gasteiger partial charge >= 0.3 is 0 Å². The first-order valence-electron chi connectivity index (χ1n) is 8.65. The highest BCUT2D eigenvalue weighted by Gasteiger charge is 2.15. The van der Waals surface area contributed by atoms with Crippen molar-refractivity contribution in [1.29, 1.82) is 0 Å². The first kappa shape index (κ1) is 20.0. The van der Waals surface area contributed by atoms with E-state index in [0.717, 1.165) is 30.6 Å². The van der Waals surface area contributed by atoms with Gasteiger partial charge in [0.25, 0.3) is 5.91 Å². The Kier molecular flexibility index (Phi) is 6.42. The van der Waals surface area contributed by atoms with Gasteiger partial charge < -0.3 is 9.80 Å². The van der Waals surface area contributed by atoms with Crippen molar-refractivity contribution < 1.29 is 13.2 Å². The van der Waals surface area contributed by atoms with E-state index in [2.05, 4.69) is 30.9 Å². The monoisotopic (exact) mass is 374 g/mol. The molecule has 0 unspecified atom stereocenters. The molecule has 140 valence electrons. The maximum Gasteiger partial charge on any atom is 0.253 e. The average Bonchev–Trinajstić information content (AvgIpc) is 2.63. The molecule has 6 heteroatoms. The van der Waals surface area contributed by atoms with E-state index < -0.39 is 9.84 Å². The Bertz CT molecular complexity index is 857. The molecule has 0 aliphatic rings. The molecule has 0 aliphatic heterocycles. The third-order valence-electron chi connectivity index (χ3n) is 4.34. The fraction of sp³-hybridized carbons (Fsp3) is 0.350. The lowest BCUT2D eigenvalue weighted by molar-refractivity contribution is 0.0785. The smallest absolute Gasteiger partial charge is 0.253 e. The van der Waals surface area contributed by atoms with Crippen molar-refractivity contribution in [3.63, 3.8) is 0 Å². The molecule has 0 aromatic heterocycles. The molecule has 26 heavy (non-hydrogen) atoms. The minimum absolute atomic E-state index is 0.153. The number of nitrogens with zero attached hydrogens (tertiary/aromatic N) is 2. The van der Waals surface area contributed by atoms with Crippen molar-refractivity contribution in [3.8, 4) is 0 Å². The molecular formula is C20H26N2O3S. The van der Waals surface area contributed by atoms with Crippen LogP contribution in [0.3, 0.4) is 0 Å². The number of amides is 1. The standard InChI is InChI=1S/C20H26N2O3S/c1-5-22(6-2)18-12-10-16(11-13-18)15-21(3)20(23)17-8-7-9-19(14-17)26(4,24)25/h7-14H,5-6,15H2,1-4H3. The summed E-state index contributed by atoms with van der Waals surface area (Å²) in [5.74, 6) is -0.205. The molecule has 0 atom stereocenters. The molecular weight excluding hydrogens is 348 g/mol. The van der Waals surface area contributed by atoms with Crippen molar-refractivity contribution in [2.45, 2.75) is 25.3 Å². The van der Waals surface area contributed by atoms with Gasteiger partial charge in [0.1, 0.15) is 0 Å². The topological polar surface area (TPSA) is 57.7 Å². The lowest BCUT2D eigenvalue weighted by atomic mass is 10.1. The highest BCUT2D eigenvalue weighted by molar-refractivity contribution is 7.90. The van der Waals surface area contributed by atoms with Crippen LogP contribution in [0.15, 0.2) is 53.4 Å². The van der Waals surface area contributed by atoms with Crippen LogP contribution in [0.5, 0.6) is 0 Å². The summed E-state index contributed by atoms with van der Waals surface area (Å²) in [5, 5.41) is 0. The molecule has 0 bridgehead atoms. The zero-order valence-electron chi connectivity index (χ0n) is 15.8. The summed E-state index contributed by atoms with van der Waals surface area (Å²) in [4.78, 5) is 16.6. The van der Waals surface area contributed by atoms with Crippen LogP contribution in [0.25, 0.3) is 0 Å². The zero-order chi connectivity index (χ0) is 19.3. The van der Waals surface area contributed by atoms with Crippen LogP contribution in [0.1, 0.15) is 29.8 Å². The maximum atomic E-state index is 12.6. The van der Waals surface area contributed by atoms with Crippen LogP contribution in [-0.2, 0) is 16.4 Å². The number of hydrogen-bond donors (Lipinski definition) is 0. The number of hydrogen-bond acceptors (Lipinski definition) is 4. The molecule has 0 saturated carbocycles. The molecule has 5 nitrogen and oxygen atoms in total. The maximum absolute atomic E-state index is 12.6. The fourth-order valence-electron chi connectivity index (χ4n) is 2.83. The number of carbonyl (C=O) groups is 1. The number of rotatable bonds is 7. The first-order valence-corrected chi connectivity index (χ1v) is 10.5. The quantitative estimate of drug-likeness (QED) is 0.747. The summed E-state index contributed by atoms with van der Waals surface area (Å²) >= 11 is 0. The Balaban J connectivity index is 2.12. The second-order valence-electron chi connectivity index (χ2n) is 6.30. The van der Waals surface area contributed by atoms with Crippen molar-refractivity contribution in [3.05, 3.63) is 59.7 Å². The summed E-state index contributed by atoms with van der Waals surface area (Å²) in [7, 11) is -1.62. The fourth-order valence-corrected chi connectivity index (χ4v) is 3.49. The molecule has 0 N–H and O–H groups in total. The van der Waals surface area contributed by atoms with Crippen LogP contribution in [0, 0.1) is 0 Å². The van der Waals surface area contributed by atoms with E-state index in [1.165, 1.54) is 12.1 Å². The van der Waals surface area contributed by atoms with E-state index in [9.17, 15) is 13.2 Å². The highest BCUT2D eigenvalue weighted by Crippen LogP contribution is 2.17. The normalized spacial score (nSPS) is 11.2. The van der Waals surface area contributed by atoms with E-state index >= 15 is 0 Å². The van der Waals surface area contributed by atoms with E-state index in [0.29, 0.717) is 12.1 Å². The van der Waals surface area contributed by atoms with E-state index in [1.54, 1.807) is 24.1 Å². The van der Waals surface area contributed by atoms with E-state index in [4.69, 9.17) is 0 Å². The van der Waals surface area contributed by atoms with Gasteiger partial charge in [-0.3, -0.25) is 4.79 Å². The average molecular weight is 375 g/mol. The Morgan fingerprint density at radius 3 is 2.15 bits per heavy atom. The largest absolute Gasteiger partial charge is 0.372 e. The highest BCUT2D eigenvalue weighted by atomic mass is 32.2. The van der Waals surface area contributed by atoms with Gasteiger partial charge in [-0.1, -0.05) is 18.2 Å². The van der Waals surface area contributed by atoms with Crippen LogP contribution in [0.2, 0.25) is 0 Å². The molecule has 2 aromatic carbocycles. The van der Waals surface area contributed by atoms with Crippen molar-refractivity contribution in [1.82, 2.24) is 4.90 Å². The molecule has 2 aromatic rings. The molecule has 0 saturated heterocycles. The van der Waals surface area contributed by atoms with Gasteiger partial charge in [0.2, 0.25) is 0 Å². The number of sulfone groups is 1. The number of benzene rings is 2. The third-order valence-corrected chi connectivity index (χ3v) is 5.45. The van der Waals surface area contributed by atoms with Gasteiger partial charge in [-0.25, -0.2) is 8.42 Å². The minimum atomic E-state index is -3.34. The Morgan fingerprint density at radius 1 is 1.00 bits per heavy atom. The lowest BCUT2D eigenvalue weighted by Gasteiger charge is -2.22. The summed E-state index contributed by atoms with van der Waals surface area (Å²) in [6, 6.07) is 14.3. The minimum Gasteiger partial charge on any atom is -0.372 e. The predicted octanol–water partition coefficient (Wildman–Crippen LogP) is 3.21. The number of anilines is 1. The second kappa shape index (κ2) is 8.36. The summed E-state index contributed by atoms with van der Waals surface area (Å²) in [6.45, 7) is 6.60. The third kappa shape index (κ3) is 4.85. The van der Waals surface area contributed by atoms with Gasteiger partial charge in [0.15, 0.2) is 9.84 Å². The van der Waals surface area contributed by atoms with Gasteiger partial charge in [0.05, 0.1) is 4.90 Å². The van der Waals surface area contributed by atoms with Crippen LogP contribution in [0.4, 0.5) is 5.69 Å². The molecule has 0 heterocycles. The summed E-state index contributed by atoms with van der Waals surface area (Å²) in [6.07, 6.45) is 1.14. The van der Waals surface area contributed by atoms with Crippen LogP contribution in [-0.4, -0.2) is 45.6 Å². The lowest BCUT2D eigenvalue weighted by Crippen LogP contribution is -2.26. The molecule has 0 aliphatic carbocycles. The van der Waals surface area contributed by atoms with Crippen LogP contribution < -0.4 is 4.90 Å². The van der Waals surface area contributed by atoms with Crippen LogP contribution >= 0.6 is 0 Å². The molecule has 1 amide bonds.